The summed E-state index contributed by atoms with van der Waals surface area (Å²) < 4.78 is 0. The smallest absolute Gasteiger partial charge is 0.335 e. The second kappa shape index (κ2) is 5.30. The lowest BCUT2D eigenvalue weighted by molar-refractivity contribution is 0.0696. The number of carbonyl (C=O) groups excluding carboxylic acids is 1. The maximum absolute atomic E-state index is 11.9. The molecule has 0 saturated carbocycles. The van der Waals surface area contributed by atoms with Gasteiger partial charge in [0, 0.05) is 18.1 Å². The molecule has 1 amide bonds. The third-order valence-corrected chi connectivity index (χ3v) is 2.64. The van der Waals surface area contributed by atoms with Crippen molar-refractivity contribution in [1.29, 1.82) is 0 Å². The Morgan fingerprint density at radius 3 is 2.63 bits per heavy atom. The molecule has 1 aromatic carbocycles. The molecule has 1 aromatic heterocycles. The molecule has 0 aliphatic rings. The number of amides is 1. The Labute approximate surface area is 109 Å². The topological polar surface area (TPSA) is 79.3 Å². The number of pyridine rings is 1. The van der Waals surface area contributed by atoms with Crippen LogP contribution in [0.5, 0.6) is 0 Å². The van der Waals surface area contributed by atoms with E-state index in [4.69, 9.17) is 5.11 Å². The normalized spacial score (nSPS) is 9.95. The van der Waals surface area contributed by atoms with E-state index in [-0.39, 0.29) is 11.5 Å². The molecule has 96 valence electrons. The van der Waals surface area contributed by atoms with Crippen LogP contribution in [0.15, 0.2) is 42.7 Å². The highest BCUT2D eigenvalue weighted by molar-refractivity contribution is 6.04. The van der Waals surface area contributed by atoms with Crippen molar-refractivity contribution >= 4 is 17.6 Å². The summed E-state index contributed by atoms with van der Waals surface area (Å²) in [4.78, 5) is 26.6. The van der Waals surface area contributed by atoms with Crippen LogP contribution < -0.4 is 5.32 Å². The summed E-state index contributed by atoms with van der Waals surface area (Å²) in [7, 11) is 0. The van der Waals surface area contributed by atoms with E-state index in [1.54, 1.807) is 37.4 Å². The van der Waals surface area contributed by atoms with Gasteiger partial charge < -0.3 is 10.4 Å². The summed E-state index contributed by atoms with van der Waals surface area (Å²) in [5.74, 6) is -1.27. The van der Waals surface area contributed by atoms with Crippen LogP contribution >= 0.6 is 0 Å². The number of hydrogen-bond acceptors (Lipinski definition) is 3. The van der Waals surface area contributed by atoms with Gasteiger partial charge in [-0.3, -0.25) is 9.78 Å². The molecule has 0 aliphatic heterocycles. The molecule has 2 N–H and O–H groups in total. The van der Waals surface area contributed by atoms with Crippen molar-refractivity contribution < 1.29 is 14.7 Å². The summed E-state index contributed by atoms with van der Waals surface area (Å²) in [6.07, 6.45) is 3.05. The highest BCUT2D eigenvalue weighted by atomic mass is 16.4. The lowest BCUT2D eigenvalue weighted by atomic mass is 10.1. The molecule has 0 saturated heterocycles. The summed E-state index contributed by atoms with van der Waals surface area (Å²) in [5.41, 5.74) is 1.81. The average Bonchev–Trinajstić information content (AvgIpc) is 2.39. The molecule has 0 unspecified atom stereocenters. The van der Waals surface area contributed by atoms with E-state index in [2.05, 4.69) is 10.3 Å². The van der Waals surface area contributed by atoms with Crippen LogP contribution in [-0.4, -0.2) is 22.0 Å². The molecule has 5 nitrogen and oxygen atoms in total. The van der Waals surface area contributed by atoms with Crippen molar-refractivity contribution in [3.8, 4) is 0 Å². The summed E-state index contributed by atoms with van der Waals surface area (Å²) in [6, 6.07) is 7.98. The van der Waals surface area contributed by atoms with E-state index in [1.165, 1.54) is 12.3 Å². The Morgan fingerprint density at radius 1 is 1.26 bits per heavy atom. The lowest BCUT2D eigenvalue weighted by Gasteiger charge is -2.07. The average molecular weight is 256 g/mol. The molecule has 2 rings (SSSR count). The van der Waals surface area contributed by atoms with E-state index >= 15 is 0 Å². The lowest BCUT2D eigenvalue weighted by Crippen LogP contribution is -2.12. The van der Waals surface area contributed by atoms with Crippen LogP contribution in [0.2, 0.25) is 0 Å². The minimum absolute atomic E-state index is 0.222. The Morgan fingerprint density at radius 2 is 2.05 bits per heavy atom. The van der Waals surface area contributed by atoms with Gasteiger partial charge in [0.25, 0.3) is 5.91 Å². The maximum atomic E-state index is 11.9. The molecule has 0 spiro atoms. The molecule has 0 atom stereocenters. The van der Waals surface area contributed by atoms with Crippen molar-refractivity contribution in [2.45, 2.75) is 6.92 Å². The molecular weight excluding hydrogens is 244 g/mol. The predicted molar refractivity (Wildman–Crippen MR) is 70.3 cm³/mol. The fourth-order valence-corrected chi connectivity index (χ4v) is 1.68. The highest BCUT2D eigenvalue weighted by Gasteiger charge is 2.09. The zero-order valence-corrected chi connectivity index (χ0v) is 10.3. The number of anilines is 1. The molecule has 5 heteroatoms. The van der Waals surface area contributed by atoms with Crippen LogP contribution in [0.25, 0.3) is 0 Å². The van der Waals surface area contributed by atoms with Crippen molar-refractivity contribution in [3.05, 3.63) is 59.4 Å². The second-order valence-corrected chi connectivity index (χ2v) is 4.03. The van der Waals surface area contributed by atoms with Gasteiger partial charge in [-0.2, -0.15) is 0 Å². The van der Waals surface area contributed by atoms with Gasteiger partial charge in [0.2, 0.25) is 0 Å². The second-order valence-electron chi connectivity index (χ2n) is 4.03. The fourth-order valence-electron chi connectivity index (χ4n) is 1.68. The Kier molecular flexibility index (Phi) is 3.56. The van der Waals surface area contributed by atoms with Crippen LogP contribution in [0, 0.1) is 6.92 Å². The number of carbonyl (C=O) groups is 2. The first-order valence-corrected chi connectivity index (χ1v) is 5.63. The molecule has 0 fully saturated rings. The van der Waals surface area contributed by atoms with E-state index in [9.17, 15) is 9.59 Å². The van der Waals surface area contributed by atoms with Gasteiger partial charge >= 0.3 is 5.97 Å². The van der Waals surface area contributed by atoms with E-state index in [0.717, 1.165) is 0 Å². The number of carboxylic acid groups (broad SMARTS) is 1. The van der Waals surface area contributed by atoms with Gasteiger partial charge in [0.05, 0.1) is 11.1 Å². The van der Waals surface area contributed by atoms with Gasteiger partial charge in [0.15, 0.2) is 0 Å². The summed E-state index contributed by atoms with van der Waals surface area (Å²) >= 11 is 0. The molecular formula is C14H12N2O3. The van der Waals surface area contributed by atoms with E-state index in [1.807, 2.05) is 0 Å². The zero-order chi connectivity index (χ0) is 13.8. The van der Waals surface area contributed by atoms with Crippen LogP contribution in [0.4, 0.5) is 5.69 Å². The SMILES string of the molecule is Cc1cc(NC(=O)c2cccnc2)ccc1C(=O)O. The number of rotatable bonds is 3. The number of carboxylic acids is 1. The van der Waals surface area contributed by atoms with Gasteiger partial charge in [-0.05, 0) is 42.8 Å². The fraction of sp³-hybridized carbons (Fsp3) is 0.0714. The first-order chi connectivity index (χ1) is 9.08. The Bertz CT molecular complexity index is 624. The van der Waals surface area contributed by atoms with Crippen molar-refractivity contribution in [2.75, 3.05) is 5.32 Å². The molecule has 0 bridgehead atoms. The Balaban J connectivity index is 2.19. The highest BCUT2D eigenvalue weighted by Crippen LogP contribution is 2.16. The van der Waals surface area contributed by atoms with Crippen LogP contribution in [0.1, 0.15) is 26.3 Å². The first kappa shape index (κ1) is 12.8. The molecule has 2 aromatic rings. The first-order valence-electron chi connectivity index (χ1n) is 5.63. The molecule has 19 heavy (non-hydrogen) atoms. The van der Waals surface area contributed by atoms with Gasteiger partial charge in [-0.1, -0.05) is 0 Å². The molecule has 1 heterocycles. The predicted octanol–water partition coefficient (Wildman–Crippen LogP) is 2.34. The number of hydrogen-bond donors (Lipinski definition) is 2. The summed E-state index contributed by atoms with van der Waals surface area (Å²) in [5, 5.41) is 11.6. The molecule has 0 aliphatic carbocycles. The third kappa shape index (κ3) is 2.95. The monoisotopic (exact) mass is 256 g/mol. The van der Waals surface area contributed by atoms with Gasteiger partial charge in [0.1, 0.15) is 0 Å². The van der Waals surface area contributed by atoms with Crippen molar-refractivity contribution in [2.24, 2.45) is 0 Å². The van der Waals surface area contributed by atoms with E-state index < -0.39 is 5.97 Å². The third-order valence-electron chi connectivity index (χ3n) is 2.64. The number of nitrogens with zero attached hydrogens (tertiary/aromatic N) is 1. The number of aromatic nitrogens is 1. The van der Waals surface area contributed by atoms with Crippen molar-refractivity contribution in [1.82, 2.24) is 4.98 Å². The quantitative estimate of drug-likeness (QED) is 0.883. The van der Waals surface area contributed by atoms with Crippen LogP contribution in [-0.2, 0) is 0 Å². The van der Waals surface area contributed by atoms with E-state index in [0.29, 0.717) is 16.8 Å². The zero-order valence-electron chi connectivity index (χ0n) is 10.3. The standard InChI is InChI=1S/C14H12N2O3/c1-9-7-11(4-5-12(9)14(18)19)16-13(17)10-3-2-6-15-8-10/h2-8H,1H3,(H,16,17)(H,18,19). The largest absolute Gasteiger partial charge is 0.478 e. The number of aromatic carboxylic acids is 1. The minimum atomic E-state index is -0.984. The Hall–Kier alpha value is -2.69. The number of benzene rings is 1. The van der Waals surface area contributed by atoms with Gasteiger partial charge in [-0.15, -0.1) is 0 Å². The minimum Gasteiger partial charge on any atom is -0.478 e. The summed E-state index contributed by atoms with van der Waals surface area (Å²) in [6.45, 7) is 1.68. The van der Waals surface area contributed by atoms with Crippen molar-refractivity contribution in [3.63, 3.8) is 0 Å². The number of aryl methyl sites for hydroxylation is 1. The van der Waals surface area contributed by atoms with Crippen LogP contribution in [0.3, 0.4) is 0 Å². The van der Waals surface area contributed by atoms with Gasteiger partial charge in [-0.25, -0.2) is 4.79 Å². The number of nitrogens with one attached hydrogen (secondary N) is 1. The molecule has 0 radical (unpaired) electrons. The maximum Gasteiger partial charge on any atom is 0.335 e.